The molecule has 2 heterocycles. The molecule has 15 nitrogen and oxygen atoms in total. The molecule has 0 spiro atoms. The van der Waals surface area contributed by atoms with Crippen molar-refractivity contribution in [2.24, 2.45) is 23.7 Å². The molecule has 2 N–H and O–H groups in total. The lowest BCUT2D eigenvalue weighted by atomic mass is 9.89. The monoisotopic (exact) mass is 956 g/mol. The summed E-state index contributed by atoms with van der Waals surface area (Å²) in [5.41, 5.74) is 0.513. The summed E-state index contributed by atoms with van der Waals surface area (Å²) < 4.78 is 17.7. The minimum Gasteiger partial charge on any atom is -0.444 e. The molecule has 0 bridgehead atoms. The third kappa shape index (κ3) is 16.8. The van der Waals surface area contributed by atoms with Gasteiger partial charge in [0.1, 0.15) is 16.7 Å². The number of ether oxygens (including phenoxy) is 3. The summed E-state index contributed by atoms with van der Waals surface area (Å²) in [4.78, 5) is 81.3. The Labute approximate surface area is 406 Å². The highest BCUT2D eigenvalue weighted by Gasteiger charge is 2.43. The Morgan fingerprint density at radius 2 is 1.55 bits per heavy atom. The van der Waals surface area contributed by atoms with Gasteiger partial charge < -0.3 is 39.5 Å². The van der Waals surface area contributed by atoms with Crippen LogP contribution in [0.3, 0.4) is 0 Å². The summed E-state index contributed by atoms with van der Waals surface area (Å²) in [6, 6.07) is 7.54. The Morgan fingerprint density at radius 1 is 0.896 bits per heavy atom. The highest BCUT2D eigenvalue weighted by Crippen LogP contribution is 2.31. The molecule has 1 aromatic carbocycles. The summed E-state index contributed by atoms with van der Waals surface area (Å²) in [6.45, 7) is 21.0. The maximum absolute atomic E-state index is 14.6. The number of hydrogen-bond donors (Lipinski definition) is 2. The normalized spacial score (nSPS) is 17.9. The SMILES string of the molecule is CCC(C)C(C(CC(=O)N1CCCC1C(OC)C(C)C(=O)NC(Cc1ccccc1)c1nccs1)OC)N(C)C(=O)C(NC(=O)C(C(C)C)N(C)CCCCN(C)C(=O)OC(C)(C)C)C(C)C. The van der Waals surface area contributed by atoms with E-state index in [1.807, 2.05) is 108 Å². The molecule has 67 heavy (non-hydrogen) atoms. The maximum atomic E-state index is 14.6. The smallest absolute Gasteiger partial charge is 0.410 e. The van der Waals surface area contributed by atoms with Gasteiger partial charge in [0.15, 0.2) is 0 Å². The third-order valence-electron chi connectivity index (χ3n) is 13.2. The minimum absolute atomic E-state index is 0.0202. The average molecular weight is 956 g/mol. The first-order chi connectivity index (χ1) is 31.6. The molecule has 1 aliphatic heterocycles. The van der Waals surface area contributed by atoms with E-state index in [9.17, 15) is 24.0 Å². The summed E-state index contributed by atoms with van der Waals surface area (Å²) in [7, 11) is 8.55. The molecule has 9 unspecified atom stereocenters. The van der Waals surface area contributed by atoms with Gasteiger partial charge >= 0.3 is 6.09 Å². The quantitative estimate of drug-likeness (QED) is 0.0923. The first-order valence-corrected chi connectivity index (χ1v) is 25.2. The van der Waals surface area contributed by atoms with Gasteiger partial charge in [0, 0.05) is 53.0 Å². The number of likely N-dealkylation sites (tertiary alicyclic amines) is 1. The zero-order valence-electron chi connectivity index (χ0n) is 43.4. The number of nitrogens with zero attached hydrogens (tertiary/aromatic N) is 5. The first kappa shape index (κ1) is 57.2. The van der Waals surface area contributed by atoms with Crippen LogP contribution in [0, 0.1) is 23.7 Å². The molecular weight excluding hydrogens is 871 g/mol. The summed E-state index contributed by atoms with van der Waals surface area (Å²) in [5, 5.41) is 9.09. The van der Waals surface area contributed by atoms with Gasteiger partial charge in [-0.05, 0) is 89.8 Å². The second-order valence-electron chi connectivity index (χ2n) is 20.2. The van der Waals surface area contributed by atoms with E-state index in [0.29, 0.717) is 32.5 Å². The van der Waals surface area contributed by atoms with E-state index < -0.39 is 41.9 Å². The Hall–Kier alpha value is -4.12. The zero-order chi connectivity index (χ0) is 50.2. The van der Waals surface area contributed by atoms with Crippen LogP contribution in [0.1, 0.15) is 124 Å². The van der Waals surface area contributed by atoms with Crippen LogP contribution in [0.2, 0.25) is 0 Å². The van der Waals surface area contributed by atoms with Gasteiger partial charge in [-0.3, -0.25) is 24.1 Å². The number of hydrogen-bond acceptors (Lipinski definition) is 11. The molecule has 0 radical (unpaired) electrons. The van der Waals surface area contributed by atoms with Crippen molar-refractivity contribution < 1.29 is 38.2 Å². The van der Waals surface area contributed by atoms with Crippen LogP contribution in [0.15, 0.2) is 41.9 Å². The van der Waals surface area contributed by atoms with Crippen LogP contribution in [0.25, 0.3) is 0 Å². The number of thiazole rings is 1. The number of carbonyl (C=O) groups is 5. The second-order valence-corrected chi connectivity index (χ2v) is 21.1. The number of unbranched alkanes of at least 4 members (excludes halogenated alkanes) is 1. The Balaban J connectivity index is 1.73. The van der Waals surface area contributed by atoms with Crippen LogP contribution >= 0.6 is 11.3 Å². The lowest BCUT2D eigenvalue weighted by Crippen LogP contribution is -2.60. The zero-order valence-corrected chi connectivity index (χ0v) is 44.2. The van der Waals surface area contributed by atoms with Crippen molar-refractivity contribution in [2.75, 3.05) is 55.0 Å². The van der Waals surface area contributed by atoms with E-state index >= 15 is 0 Å². The first-order valence-electron chi connectivity index (χ1n) is 24.4. The van der Waals surface area contributed by atoms with Crippen molar-refractivity contribution >= 4 is 41.1 Å². The van der Waals surface area contributed by atoms with Crippen LogP contribution < -0.4 is 10.6 Å². The molecule has 16 heteroatoms. The number of amides is 5. The summed E-state index contributed by atoms with van der Waals surface area (Å²) in [5.74, 6) is -1.68. The molecule has 1 fully saturated rings. The van der Waals surface area contributed by atoms with E-state index in [2.05, 4.69) is 29.5 Å². The van der Waals surface area contributed by atoms with Crippen molar-refractivity contribution in [3.05, 3.63) is 52.5 Å². The van der Waals surface area contributed by atoms with E-state index in [-0.39, 0.29) is 66.0 Å². The molecule has 2 aromatic rings. The number of methoxy groups -OCH3 is 2. The number of carbonyl (C=O) groups excluding carboxylic acids is 5. The van der Waals surface area contributed by atoms with Crippen LogP contribution in [-0.4, -0.2) is 151 Å². The van der Waals surface area contributed by atoms with Crippen molar-refractivity contribution in [1.82, 2.24) is 35.2 Å². The van der Waals surface area contributed by atoms with Crippen molar-refractivity contribution in [2.45, 2.75) is 162 Å². The van der Waals surface area contributed by atoms with Crippen molar-refractivity contribution in [1.29, 1.82) is 0 Å². The fourth-order valence-electron chi connectivity index (χ4n) is 9.33. The summed E-state index contributed by atoms with van der Waals surface area (Å²) >= 11 is 1.50. The molecule has 1 saturated heterocycles. The molecular formula is C51H85N7O8S. The number of aromatic nitrogens is 1. The predicted octanol–water partition coefficient (Wildman–Crippen LogP) is 7.21. The van der Waals surface area contributed by atoms with E-state index in [1.54, 1.807) is 44.3 Å². The Kier molecular flexibility index (Phi) is 23.2. The Morgan fingerprint density at radius 3 is 2.10 bits per heavy atom. The standard InChI is InChI=1S/C51H85N7O8S/c1-16-35(6)44(57(13)49(62)42(33(2)3)54-47(61)43(34(4)5)55(11)27-20-21-28-56(12)50(63)66-51(8,9)10)40(64-14)32-41(59)58-29-22-25-39(58)45(65-15)36(7)46(60)53-38(48-52-26-30-67-48)31-37-23-18-17-19-24-37/h17-19,23-24,26,30,33-36,38-40,42-45H,16,20-22,25,27-29,31-32H2,1-15H3,(H,53,60)(H,54,61). The number of nitrogens with one attached hydrogen (secondary N) is 2. The van der Waals surface area contributed by atoms with E-state index in [1.165, 1.54) is 11.3 Å². The minimum atomic E-state index is -0.824. The van der Waals surface area contributed by atoms with Gasteiger partial charge in [0.05, 0.1) is 48.7 Å². The molecule has 9 atom stereocenters. The molecule has 0 aliphatic carbocycles. The van der Waals surface area contributed by atoms with Gasteiger partial charge in [0.25, 0.3) is 0 Å². The number of rotatable bonds is 26. The predicted molar refractivity (Wildman–Crippen MR) is 265 cm³/mol. The number of likely N-dealkylation sites (N-methyl/N-ethyl adjacent to an activating group) is 2. The van der Waals surface area contributed by atoms with Gasteiger partial charge in [-0.1, -0.05) is 85.2 Å². The number of benzene rings is 1. The molecule has 5 amide bonds. The Bertz CT molecular complexity index is 1830. The third-order valence-corrected chi connectivity index (χ3v) is 14.1. The highest BCUT2D eigenvalue weighted by atomic mass is 32.1. The molecule has 1 aliphatic rings. The largest absolute Gasteiger partial charge is 0.444 e. The lowest BCUT2D eigenvalue weighted by Gasteiger charge is -2.41. The molecule has 0 saturated carbocycles. The maximum Gasteiger partial charge on any atom is 0.410 e. The lowest BCUT2D eigenvalue weighted by molar-refractivity contribution is -0.148. The fraction of sp³-hybridized carbons (Fsp3) is 0.725. The van der Waals surface area contributed by atoms with Gasteiger partial charge in [0.2, 0.25) is 23.6 Å². The van der Waals surface area contributed by atoms with Crippen molar-refractivity contribution in [3.8, 4) is 0 Å². The van der Waals surface area contributed by atoms with Gasteiger partial charge in [-0.25, -0.2) is 9.78 Å². The molecule has 3 rings (SSSR count). The second kappa shape index (κ2) is 27.2. The van der Waals surface area contributed by atoms with Crippen LogP contribution in [0.5, 0.6) is 0 Å². The van der Waals surface area contributed by atoms with Gasteiger partial charge in [-0.2, -0.15) is 0 Å². The van der Waals surface area contributed by atoms with E-state index in [4.69, 9.17) is 14.2 Å². The molecule has 1 aromatic heterocycles. The average Bonchev–Trinajstić information content (AvgIpc) is 4.00. The van der Waals surface area contributed by atoms with Crippen LogP contribution in [-0.2, 0) is 39.8 Å². The summed E-state index contributed by atoms with van der Waals surface area (Å²) in [6.07, 6.45) is 4.42. The van der Waals surface area contributed by atoms with Gasteiger partial charge in [-0.15, -0.1) is 11.3 Å². The van der Waals surface area contributed by atoms with Crippen LogP contribution in [0.4, 0.5) is 4.79 Å². The topological polar surface area (TPSA) is 163 Å². The fourth-order valence-corrected chi connectivity index (χ4v) is 10.0. The molecule has 378 valence electrons. The van der Waals surface area contributed by atoms with Crippen molar-refractivity contribution in [3.63, 3.8) is 0 Å². The van der Waals surface area contributed by atoms with E-state index in [0.717, 1.165) is 36.3 Å². The highest BCUT2D eigenvalue weighted by molar-refractivity contribution is 7.09.